The Morgan fingerprint density at radius 2 is 2.24 bits per heavy atom. The number of halogens is 2. The van der Waals surface area contributed by atoms with E-state index in [9.17, 15) is 9.18 Å². The highest BCUT2D eigenvalue weighted by Gasteiger charge is 2.04. The third kappa shape index (κ3) is 2.79. The smallest absolute Gasteiger partial charge is 0.294 e. The molecule has 0 spiro atoms. The summed E-state index contributed by atoms with van der Waals surface area (Å²) in [5.41, 5.74) is 1.43. The maximum absolute atomic E-state index is 12.9. The summed E-state index contributed by atoms with van der Waals surface area (Å²) in [5, 5.41) is 0. The highest BCUT2D eigenvalue weighted by molar-refractivity contribution is 9.10. The minimum atomic E-state index is -0.313. The average molecular weight is 297 g/mol. The van der Waals surface area contributed by atoms with Crippen molar-refractivity contribution < 1.29 is 4.39 Å². The van der Waals surface area contributed by atoms with Gasteiger partial charge in [-0.05, 0) is 30.2 Å². The number of rotatable bonds is 2. The molecule has 17 heavy (non-hydrogen) atoms. The Kier molecular flexibility index (Phi) is 3.38. The van der Waals surface area contributed by atoms with Crippen molar-refractivity contribution >= 4 is 15.9 Å². The van der Waals surface area contributed by atoms with Gasteiger partial charge < -0.3 is 0 Å². The van der Waals surface area contributed by atoms with Crippen molar-refractivity contribution in [3.63, 3.8) is 0 Å². The second-order valence-electron chi connectivity index (χ2n) is 3.78. The van der Waals surface area contributed by atoms with E-state index in [1.807, 2.05) is 6.92 Å². The van der Waals surface area contributed by atoms with Crippen molar-refractivity contribution in [1.82, 2.24) is 9.55 Å². The van der Waals surface area contributed by atoms with Gasteiger partial charge in [-0.25, -0.2) is 14.2 Å². The number of benzene rings is 1. The molecule has 0 saturated carbocycles. The second kappa shape index (κ2) is 4.79. The first-order valence-electron chi connectivity index (χ1n) is 5.03. The minimum absolute atomic E-state index is 0.310. The van der Waals surface area contributed by atoms with E-state index in [4.69, 9.17) is 0 Å². The van der Waals surface area contributed by atoms with E-state index < -0.39 is 0 Å². The first kappa shape index (κ1) is 12.0. The van der Waals surface area contributed by atoms with Gasteiger partial charge in [-0.1, -0.05) is 22.0 Å². The summed E-state index contributed by atoms with van der Waals surface area (Å²) in [6.45, 7) is 2.23. The molecule has 0 aliphatic carbocycles. The quantitative estimate of drug-likeness (QED) is 0.853. The van der Waals surface area contributed by atoms with E-state index in [-0.39, 0.29) is 11.5 Å². The standard InChI is InChI=1S/C12H10BrFN2O/c1-8-5-15-12(17)16(6-8)7-9-2-3-10(14)4-11(9)13/h2-6H,7H2,1H3. The van der Waals surface area contributed by atoms with Crippen LogP contribution in [0, 0.1) is 12.7 Å². The third-order valence-electron chi connectivity index (χ3n) is 2.34. The molecule has 1 heterocycles. The van der Waals surface area contributed by atoms with Crippen LogP contribution in [0.5, 0.6) is 0 Å². The van der Waals surface area contributed by atoms with Gasteiger partial charge in [-0.3, -0.25) is 4.57 Å². The molecule has 2 aromatic rings. The fourth-order valence-corrected chi connectivity index (χ4v) is 1.99. The fraction of sp³-hybridized carbons (Fsp3) is 0.167. The van der Waals surface area contributed by atoms with E-state index in [0.29, 0.717) is 11.0 Å². The Balaban J connectivity index is 2.38. The largest absolute Gasteiger partial charge is 0.347 e. The lowest BCUT2D eigenvalue weighted by atomic mass is 10.2. The van der Waals surface area contributed by atoms with Crippen molar-refractivity contribution in [2.75, 3.05) is 0 Å². The third-order valence-corrected chi connectivity index (χ3v) is 3.08. The van der Waals surface area contributed by atoms with Crippen LogP contribution in [0.3, 0.4) is 0 Å². The molecule has 3 nitrogen and oxygen atoms in total. The Morgan fingerprint density at radius 3 is 2.94 bits per heavy atom. The zero-order chi connectivity index (χ0) is 12.4. The highest BCUT2D eigenvalue weighted by Crippen LogP contribution is 2.18. The minimum Gasteiger partial charge on any atom is -0.294 e. The summed E-state index contributed by atoms with van der Waals surface area (Å²) >= 11 is 3.27. The van der Waals surface area contributed by atoms with Gasteiger partial charge in [-0.2, -0.15) is 0 Å². The van der Waals surface area contributed by atoms with Gasteiger partial charge in [-0.15, -0.1) is 0 Å². The van der Waals surface area contributed by atoms with Gasteiger partial charge in [0.25, 0.3) is 0 Å². The van der Waals surface area contributed by atoms with Gasteiger partial charge >= 0.3 is 5.69 Å². The number of aryl methyl sites for hydroxylation is 1. The van der Waals surface area contributed by atoms with Gasteiger partial charge in [0.15, 0.2) is 0 Å². The van der Waals surface area contributed by atoms with Crippen molar-refractivity contribution in [3.8, 4) is 0 Å². The number of hydrogen-bond donors (Lipinski definition) is 0. The SMILES string of the molecule is Cc1cnc(=O)n(Cc2ccc(F)cc2Br)c1. The normalized spacial score (nSPS) is 10.5. The lowest BCUT2D eigenvalue weighted by Crippen LogP contribution is -2.23. The maximum atomic E-state index is 12.9. The summed E-state index contributed by atoms with van der Waals surface area (Å²) in [6.07, 6.45) is 3.25. The summed E-state index contributed by atoms with van der Waals surface area (Å²) in [5.74, 6) is -0.310. The molecule has 0 N–H and O–H groups in total. The van der Waals surface area contributed by atoms with Crippen LogP contribution in [0.2, 0.25) is 0 Å². The van der Waals surface area contributed by atoms with Crippen molar-refractivity contribution in [3.05, 3.63) is 62.5 Å². The van der Waals surface area contributed by atoms with Crippen LogP contribution in [0.4, 0.5) is 4.39 Å². The number of nitrogens with zero attached hydrogens (tertiary/aromatic N) is 2. The first-order chi connectivity index (χ1) is 8.06. The molecule has 1 aromatic heterocycles. The van der Waals surface area contributed by atoms with Crippen LogP contribution < -0.4 is 5.69 Å². The number of aromatic nitrogens is 2. The predicted octanol–water partition coefficient (Wildman–Crippen LogP) is 2.50. The maximum Gasteiger partial charge on any atom is 0.347 e. The molecule has 1 aromatic carbocycles. The molecule has 0 saturated heterocycles. The van der Waals surface area contributed by atoms with Crippen molar-refractivity contribution in [2.24, 2.45) is 0 Å². The molecule has 88 valence electrons. The van der Waals surface area contributed by atoms with E-state index in [2.05, 4.69) is 20.9 Å². The van der Waals surface area contributed by atoms with Crippen LogP contribution >= 0.6 is 15.9 Å². The van der Waals surface area contributed by atoms with Crippen LogP contribution in [-0.4, -0.2) is 9.55 Å². The van der Waals surface area contributed by atoms with E-state index in [0.717, 1.165) is 11.1 Å². The first-order valence-corrected chi connectivity index (χ1v) is 5.82. The van der Waals surface area contributed by atoms with Crippen LogP contribution in [0.1, 0.15) is 11.1 Å². The summed E-state index contributed by atoms with van der Waals surface area (Å²) < 4.78 is 15.1. The fourth-order valence-electron chi connectivity index (χ4n) is 1.51. The average Bonchev–Trinajstić information content (AvgIpc) is 2.27. The zero-order valence-corrected chi connectivity index (χ0v) is 10.7. The van der Waals surface area contributed by atoms with Crippen molar-refractivity contribution in [1.29, 1.82) is 0 Å². The Labute approximate surface area is 106 Å². The molecule has 0 aliphatic rings. The molecule has 0 atom stereocenters. The Bertz CT molecular complexity index is 610. The molecule has 0 bridgehead atoms. The van der Waals surface area contributed by atoms with Gasteiger partial charge in [0.1, 0.15) is 5.82 Å². The molecule has 0 unspecified atom stereocenters. The van der Waals surface area contributed by atoms with E-state index in [1.165, 1.54) is 22.9 Å². The summed E-state index contributed by atoms with van der Waals surface area (Å²) in [7, 11) is 0. The molecular weight excluding hydrogens is 287 g/mol. The molecule has 0 amide bonds. The molecule has 2 rings (SSSR count). The Hall–Kier alpha value is -1.49. The van der Waals surface area contributed by atoms with Gasteiger partial charge in [0, 0.05) is 16.9 Å². The van der Waals surface area contributed by atoms with Gasteiger partial charge in [0.05, 0.1) is 6.54 Å². The Morgan fingerprint density at radius 1 is 1.47 bits per heavy atom. The lowest BCUT2D eigenvalue weighted by Gasteiger charge is -2.07. The monoisotopic (exact) mass is 296 g/mol. The highest BCUT2D eigenvalue weighted by atomic mass is 79.9. The molecule has 5 heteroatoms. The van der Waals surface area contributed by atoms with E-state index >= 15 is 0 Å². The topological polar surface area (TPSA) is 34.9 Å². The lowest BCUT2D eigenvalue weighted by molar-refractivity contribution is 0.624. The predicted molar refractivity (Wildman–Crippen MR) is 66.4 cm³/mol. The summed E-state index contributed by atoms with van der Waals surface area (Å²) in [4.78, 5) is 15.3. The second-order valence-corrected chi connectivity index (χ2v) is 4.63. The van der Waals surface area contributed by atoms with Crippen LogP contribution in [-0.2, 0) is 6.54 Å². The molecule has 0 fully saturated rings. The molecule has 0 aliphatic heterocycles. The van der Waals surface area contributed by atoms with Gasteiger partial charge in [0.2, 0.25) is 0 Å². The number of hydrogen-bond acceptors (Lipinski definition) is 2. The van der Waals surface area contributed by atoms with Crippen LogP contribution in [0.15, 0.2) is 39.9 Å². The molecule has 0 radical (unpaired) electrons. The summed E-state index contributed by atoms with van der Waals surface area (Å²) in [6, 6.07) is 4.39. The zero-order valence-electron chi connectivity index (χ0n) is 9.15. The molecular formula is C12H10BrFN2O. The van der Waals surface area contributed by atoms with E-state index in [1.54, 1.807) is 12.3 Å². The van der Waals surface area contributed by atoms with Crippen LogP contribution in [0.25, 0.3) is 0 Å². The van der Waals surface area contributed by atoms with Crippen molar-refractivity contribution in [2.45, 2.75) is 13.5 Å².